The van der Waals surface area contributed by atoms with Crippen molar-refractivity contribution in [2.24, 2.45) is 0 Å². The number of carbonyl (C=O) groups excluding carboxylic acids is 1. The Morgan fingerprint density at radius 1 is 1.22 bits per heavy atom. The minimum absolute atomic E-state index is 0.218. The molecule has 0 fully saturated rings. The fourth-order valence-electron chi connectivity index (χ4n) is 2.28. The van der Waals surface area contributed by atoms with E-state index in [1.165, 1.54) is 22.7 Å². The Bertz CT molecular complexity index is 890. The smallest absolute Gasteiger partial charge is 0.198 e. The van der Waals surface area contributed by atoms with Crippen LogP contribution in [0.1, 0.15) is 31.3 Å². The highest BCUT2D eigenvalue weighted by Crippen LogP contribution is 2.30. The fourth-order valence-corrected chi connectivity index (χ4v) is 4.04. The molecule has 6 heteroatoms. The van der Waals surface area contributed by atoms with Crippen LogP contribution in [0.15, 0.2) is 35.7 Å². The summed E-state index contributed by atoms with van der Waals surface area (Å²) < 4.78 is 0. The van der Waals surface area contributed by atoms with E-state index in [1.807, 2.05) is 42.6 Å². The number of rotatable bonds is 4. The summed E-state index contributed by atoms with van der Waals surface area (Å²) in [6.07, 6.45) is 0. The quantitative estimate of drug-likeness (QED) is 0.662. The number of thiazole rings is 2. The largest absolute Gasteiger partial charge is 0.291 e. The van der Waals surface area contributed by atoms with Crippen molar-refractivity contribution in [2.75, 3.05) is 0 Å². The molecule has 0 unspecified atom stereocenters. The highest BCUT2D eigenvalue weighted by atomic mass is 32.1. The van der Waals surface area contributed by atoms with Gasteiger partial charge in [-0.3, -0.25) is 4.79 Å². The molecule has 114 valence electrons. The van der Waals surface area contributed by atoms with Crippen molar-refractivity contribution >= 4 is 28.5 Å². The first kappa shape index (κ1) is 15.5. The maximum Gasteiger partial charge on any atom is 0.198 e. The van der Waals surface area contributed by atoms with E-state index < -0.39 is 5.92 Å². The van der Waals surface area contributed by atoms with Crippen molar-refractivity contribution in [1.82, 2.24) is 9.97 Å². The Labute approximate surface area is 142 Å². The number of Topliss-reactive ketones (excluding diaryl/α,β-unsaturated/α-hetero) is 1. The molecule has 3 rings (SSSR count). The number of hydrogen-bond donors (Lipinski definition) is 0. The van der Waals surface area contributed by atoms with E-state index in [9.17, 15) is 10.1 Å². The number of aryl methyl sites for hydroxylation is 2. The van der Waals surface area contributed by atoms with Crippen molar-refractivity contribution < 1.29 is 4.79 Å². The normalized spacial score (nSPS) is 11.9. The topological polar surface area (TPSA) is 66.6 Å². The van der Waals surface area contributed by atoms with Gasteiger partial charge in [-0.15, -0.1) is 22.7 Å². The van der Waals surface area contributed by atoms with E-state index in [0.29, 0.717) is 15.6 Å². The highest BCUT2D eigenvalue weighted by Gasteiger charge is 2.28. The van der Waals surface area contributed by atoms with Gasteiger partial charge in [-0.25, -0.2) is 9.97 Å². The van der Waals surface area contributed by atoms with Crippen LogP contribution in [0, 0.1) is 25.2 Å². The molecule has 1 aromatic carbocycles. The number of hydrogen-bond acceptors (Lipinski definition) is 6. The van der Waals surface area contributed by atoms with Gasteiger partial charge in [-0.1, -0.05) is 30.3 Å². The molecule has 0 radical (unpaired) electrons. The number of ketones is 1. The molecule has 4 nitrogen and oxygen atoms in total. The Hall–Kier alpha value is -2.36. The zero-order chi connectivity index (χ0) is 16.4. The van der Waals surface area contributed by atoms with Crippen LogP contribution in [0.25, 0.3) is 11.3 Å². The highest BCUT2D eigenvalue weighted by molar-refractivity contribution is 7.14. The third kappa shape index (κ3) is 3.07. The zero-order valence-electron chi connectivity index (χ0n) is 12.6. The minimum Gasteiger partial charge on any atom is -0.291 e. The molecule has 0 amide bonds. The molecule has 0 aliphatic rings. The van der Waals surface area contributed by atoms with Crippen molar-refractivity contribution in [3.05, 3.63) is 56.3 Å². The van der Waals surface area contributed by atoms with Gasteiger partial charge in [0, 0.05) is 10.9 Å². The maximum atomic E-state index is 12.7. The van der Waals surface area contributed by atoms with Gasteiger partial charge in [0.25, 0.3) is 0 Å². The molecule has 2 heterocycles. The number of nitriles is 1. The fraction of sp³-hybridized carbons (Fsp3) is 0.176. The summed E-state index contributed by atoms with van der Waals surface area (Å²) in [6, 6.07) is 11.8. The summed E-state index contributed by atoms with van der Waals surface area (Å²) in [5, 5.41) is 12.7. The van der Waals surface area contributed by atoms with Crippen LogP contribution >= 0.6 is 22.7 Å². The molecule has 2 aromatic heterocycles. The number of benzene rings is 1. The van der Waals surface area contributed by atoms with Crippen LogP contribution < -0.4 is 0 Å². The summed E-state index contributed by atoms with van der Waals surface area (Å²) in [5.74, 6) is -1.10. The molecule has 0 saturated heterocycles. The molecular formula is C17H13N3OS2. The first-order valence-corrected chi connectivity index (χ1v) is 8.68. The molecule has 0 saturated carbocycles. The lowest BCUT2D eigenvalue weighted by Crippen LogP contribution is -2.10. The average molecular weight is 339 g/mol. The average Bonchev–Trinajstić information content (AvgIpc) is 3.15. The lowest BCUT2D eigenvalue weighted by Gasteiger charge is -2.03. The lowest BCUT2D eigenvalue weighted by molar-refractivity contribution is 0.0982. The van der Waals surface area contributed by atoms with Gasteiger partial charge < -0.3 is 0 Å². The van der Waals surface area contributed by atoms with Gasteiger partial charge in [-0.2, -0.15) is 5.26 Å². The molecule has 1 atom stereocenters. The van der Waals surface area contributed by atoms with E-state index in [2.05, 4.69) is 16.0 Å². The lowest BCUT2D eigenvalue weighted by atomic mass is 10.0. The second-order valence-electron chi connectivity index (χ2n) is 5.01. The zero-order valence-corrected chi connectivity index (χ0v) is 14.2. The molecular weight excluding hydrogens is 326 g/mol. The first-order valence-electron chi connectivity index (χ1n) is 6.99. The molecule has 0 bridgehead atoms. The maximum absolute atomic E-state index is 12.7. The second-order valence-corrected chi connectivity index (χ2v) is 7.10. The van der Waals surface area contributed by atoms with Crippen LogP contribution in [0.3, 0.4) is 0 Å². The van der Waals surface area contributed by atoms with Crippen LogP contribution in [0.5, 0.6) is 0 Å². The predicted molar refractivity (Wildman–Crippen MR) is 91.8 cm³/mol. The number of carbonyl (C=O) groups is 1. The first-order chi connectivity index (χ1) is 11.1. The Morgan fingerprint density at radius 3 is 2.57 bits per heavy atom. The van der Waals surface area contributed by atoms with Crippen LogP contribution in [-0.2, 0) is 0 Å². The minimum atomic E-state index is -0.879. The standard InChI is InChI=1S/C17H13N3OS2/c1-10-16(23-11(2)19-10)15(21)13(8-18)17-20-14(9-22-17)12-6-4-3-5-7-12/h3-7,9,13H,1-2H3/t13-/m1/s1. The van der Waals surface area contributed by atoms with Gasteiger partial charge in [0.15, 0.2) is 11.7 Å². The van der Waals surface area contributed by atoms with Crippen molar-refractivity contribution in [3.8, 4) is 17.3 Å². The van der Waals surface area contributed by atoms with Gasteiger partial charge in [-0.05, 0) is 13.8 Å². The molecule has 0 N–H and O–H groups in total. The monoisotopic (exact) mass is 339 g/mol. The SMILES string of the molecule is Cc1nc(C)c(C(=O)[C@@H](C#N)c2nc(-c3ccccc3)cs2)s1. The van der Waals surface area contributed by atoms with E-state index in [1.54, 1.807) is 6.92 Å². The van der Waals surface area contributed by atoms with Crippen molar-refractivity contribution in [3.63, 3.8) is 0 Å². The summed E-state index contributed by atoms with van der Waals surface area (Å²) in [5.41, 5.74) is 2.44. The van der Waals surface area contributed by atoms with E-state index in [4.69, 9.17) is 0 Å². The van der Waals surface area contributed by atoms with Crippen LogP contribution in [0.4, 0.5) is 0 Å². The molecule has 0 aliphatic carbocycles. The molecule has 0 spiro atoms. The summed E-state index contributed by atoms with van der Waals surface area (Å²) in [7, 11) is 0. The molecule has 0 aliphatic heterocycles. The van der Waals surface area contributed by atoms with E-state index >= 15 is 0 Å². The molecule has 23 heavy (non-hydrogen) atoms. The van der Waals surface area contributed by atoms with Crippen LogP contribution in [-0.4, -0.2) is 15.8 Å². The van der Waals surface area contributed by atoms with Gasteiger partial charge in [0.2, 0.25) is 0 Å². The van der Waals surface area contributed by atoms with Crippen LogP contribution in [0.2, 0.25) is 0 Å². The summed E-state index contributed by atoms with van der Waals surface area (Å²) >= 11 is 2.67. The number of aromatic nitrogens is 2. The van der Waals surface area contributed by atoms with Crippen molar-refractivity contribution in [2.45, 2.75) is 19.8 Å². The van der Waals surface area contributed by atoms with E-state index in [0.717, 1.165) is 16.3 Å². The van der Waals surface area contributed by atoms with Crippen molar-refractivity contribution in [1.29, 1.82) is 5.26 Å². The Balaban J connectivity index is 1.93. The summed E-state index contributed by atoms with van der Waals surface area (Å²) in [4.78, 5) is 22.0. The van der Waals surface area contributed by atoms with Gasteiger partial charge >= 0.3 is 0 Å². The Kier molecular flexibility index (Phi) is 4.33. The summed E-state index contributed by atoms with van der Waals surface area (Å²) in [6.45, 7) is 3.65. The van der Waals surface area contributed by atoms with Gasteiger partial charge in [0.05, 0.1) is 27.3 Å². The molecule has 3 aromatic rings. The predicted octanol–water partition coefficient (Wildman–Crippen LogP) is 4.37. The second kappa shape index (κ2) is 6.41. The van der Waals surface area contributed by atoms with Gasteiger partial charge in [0.1, 0.15) is 5.01 Å². The Morgan fingerprint density at radius 2 is 1.96 bits per heavy atom. The third-order valence-corrected chi connectivity index (χ3v) is 5.35. The number of nitrogens with zero attached hydrogens (tertiary/aromatic N) is 3. The third-order valence-electron chi connectivity index (χ3n) is 3.36. The van der Waals surface area contributed by atoms with E-state index in [-0.39, 0.29) is 5.78 Å².